The minimum atomic E-state index is -0.539. The number of aryl methyl sites for hydroxylation is 4. The molecule has 228 valence electrons. The van der Waals surface area contributed by atoms with Crippen molar-refractivity contribution in [2.24, 2.45) is 0 Å². The molecule has 10 heteroatoms. The van der Waals surface area contributed by atoms with Crippen LogP contribution in [-0.2, 0) is 32.2 Å². The second kappa shape index (κ2) is 12.7. The zero-order valence-corrected chi connectivity index (χ0v) is 25.5. The molecule has 2 fully saturated rings. The molecule has 5 rings (SSSR count). The highest BCUT2D eigenvalue weighted by Gasteiger charge is 2.49. The highest BCUT2D eigenvalue weighted by Crippen LogP contribution is 2.39. The second-order valence-corrected chi connectivity index (χ2v) is 11.4. The molecule has 2 aliphatic rings. The fourth-order valence-electron chi connectivity index (χ4n) is 6.46. The van der Waals surface area contributed by atoms with E-state index in [0.29, 0.717) is 38.0 Å². The summed E-state index contributed by atoms with van der Waals surface area (Å²) in [5, 5.41) is 0. The van der Waals surface area contributed by atoms with E-state index in [9.17, 15) is 19.2 Å². The number of carbonyl (C=O) groups is 2. The first-order chi connectivity index (χ1) is 20.7. The van der Waals surface area contributed by atoms with Crippen molar-refractivity contribution in [3.8, 4) is 0 Å². The van der Waals surface area contributed by atoms with Crippen LogP contribution in [0, 0.1) is 20.8 Å². The fourth-order valence-corrected chi connectivity index (χ4v) is 6.46. The molecule has 1 aromatic heterocycles. The highest BCUT2D eigenvalue weighted by atomic mass is 16.5. The maximum atomic E-state index is 13.4. The summed E-state index contributed by atoms with van der Waals surface area (Å²) in [6.45, 7) is 7.13. The lowest BCUT2D eigenvalue weighted by Crippen LogP contribution is -2.60. The van der Waals surface area contributed by atoms with Gasteiger partial charge in [-0.1, -0.05) is 48.5 Å². The number of rotatable bonds is 12. The predicted octanol–water partition coefficient (Wildman–Crippen LogP) is 2.91. The summed E-state index contributed by atoms with van der Waals surface area (Å²) in [7, 11) is 3.09. The Hall–Kier alpha value is -4.02. The number of nitrogens with zero attached hydrogens (tertiary/aromatic N) is 4. The normalized spacial score (nSPS) is 21.6. The Labute approximate surface area is 251 Å². The monoisotopic (exact) mass is 588 g/mol. The molecular weight excluding hydrogens is 548 g/mol. The maximum Gasteiger partial charge on any atom is 0.330 e. The van der Waals surface area contributed by atoms with Crippen LogP contribution in [0.5, 0.6) is 0 Å². The lowest BCUT2D eigenvalue weighted by molar-refractivity contribution is -0.171. The molecule has 2 aliphatic heterocycles. The van der Waals surface area contributed by atoms with Gasteiger partial charge in [0, 0.05) is 52.2 Å². The van der Waals surface area contributed by atoms with Crippen LogP contribution in [0.15, 0.2) is 64.3 Å². The third-order valence-electron chi connectivity index (χ3n) is 8.81. The van der Waals surface area contributed by atoms with E-state index in [4.69, 9.17) is 9.47 Å². The first kappa shape index (κ1) is 30.4. The number of aromatic nitrogens is 2. The van der Waals surface area contributed by atoms with Crippen molar-refractivity contribution in [3.05, 3.63) is 103 Å². The summed E-state index contributed by atoms with van der Waals surface area (Å²) in [4.78, 5) is 55.5. The molecule has 2 aromatic carbocycles. The third-order valence-corrected chi connectivity index (χ3v) is 8.81. The van der Waals surface area contributed by atoms with Crippen LogP contribution in [-0.4, -0.2) is 70.3 Å². The Kier molecular flexibility index (Phi) is 8.98. The van der Waals surface area contributed by atoms with E-state index < -0.39 is 17.9 Å². The molecular formula is C33H40N4O6. The average Bonchev–Trinajstić information content (AvgIpc) is 2.99. The molecule has 0 aliphatic carbocycles. The number of benzene rings is 2. The van der Waals surface area contributed by atoms with Gasteiger partial charge in [-0.3, -0.25) is 19.0 Å². The molecule has 0 N–H and O–H groups in total. The van der Waals surface area contributed by atoms with E-state index in [-0.39, 0.29) is 36.0 Å². The highest BCUT2D eigenvalue weighted by molar-refractivity contribution is 5.89. The molecule has 0 spiro atoms. The number of likely N-dealkylation sites (tertiary alicyclic amines) is 2. The van der Waals surface area contributed by atoms with Gasteiger partial charge >= 0.3 is 5.69 Å². The molecule has 0 saturated carbocycles. The first-order valence-corrected chi connectivity index (χ1v) is 14.8. The van der Waals surface area contributed by atoms with Crippen LogP contribution in [0.25, 0.3) is 0 Å². The van der Waals surface area contributed by atoms with Crippen LogP contribution in [0.4, 0.5) is 0 Å². The minimum Gasteiger partial charge on any atom is -0.369 e. The van der Waals surface area contributed by atoms with Gasteiger partial charge in [0.05, 0.1) is 12.1 Å². The SMILES string of the molecule is CO[C@@H]1C(=O)N(CCCn2c(=O)c(C)cn(CCCN3C(=O)[C@H](OC)[C@@H]3c3ccccc3C)c2=O)[C@@H]1c1ccccc1C. The summed E-state index contributed by atoms with van der Waals surface area (Å²) < 4.78 is 13.8. The van der Waals surface area contributed by atoms with E-state index >= 15 is 0 Å². The Bertz CT molecular complexity index is 1630. The van der Waals surface area contributed by atoms with Crippen molar-refractivity contribution in [1.29, 1.82) is 0 Å². The number of hydrogen-bond acceptors (Lipinski definition) is 6. The van der Waals surface area contributed by atoms with E-state index in [0.717, 1.165) is 22.3 Å². The Morgan fingerprint density at radius 3 is 1.56 bits per heavy atom. The predicted molar refractivity (Wildman–Crippen MR) is 162 cm³/mol. The summed E-state index contributed by atoms with van der Waals surface area (Å²) >= 11 is 0. The van der Waals surface area contributed by atoms with E-state index in [1.165, 1.54) is 11.7 Å². The van der Waals surface area contributed by atoms with Crippen molar-refractivity contribution in [2.75, 3.05) is 27.3 Å². The molecule has 3 aromatic rings. The number of methoxy groups -OCH3 is 2. The molecule has 4 atom stereocenters. The van der Waals surface area contributed by atoms with Gasteiger partial charge in [-0.25, -0.2) is 4.79 Å². The van der Waals surface area contributed by atoms with Crippen molar-refractivity contribution in [3.63, 3.8) is 0 Å². The standard InChI is InChI=1S/C33H40N4O6/c1-21-12-6-8-14-24(21)26-28(42-4)31(39)35(26)17-10-16-34-20-23(3)30(38)37(33(34)41)19-11-18-36-27(29(43-5)32(36)40)25-15-9-7-13-22(25)2/h6-9,12-15,20,26-29H,10-11,16-19H2,1-5H3/t26-,27+,28+,29-/m0/s1. The Balaban J connectivity index is 1.24. The molecule has 0 bridgehead atoms. The topological polar surface area (TPSA) is 103 Å². The smallest absolute Gasteiger partial charge is 0.330 e. The third kappa shape index (κ3) is 5.57. The maximum absolute atomic E-state index is 13.4. The van der Waals surface area contributed by atoms with Crippen molar-refractivity contribution in [2.45, 2.75) is 71.0 Å². The summed E-state index contributed by atoms with van der Waals surface area (Å²) in [5.41, 5.74) is 4.00. The summed E-state index contributed by atoms with van der Waals surface area (Å²) in [5.74, 6) is -0.158. The van der Waals surface area contributed by atoms with Gasteiger partial charge in [0.25, 0.3) is 17.4 Å². The van der Waals surface area contributed by atoms with E-state index in [1.807, 2.05) is 62.4 Å². The lowest BCUT2D eigenvalue weighted by atomic mass is 9.88. The number of amides is 2. The van der Waals surface area contributed by atoms with E-state index in [1.54, 1.807) is 34.6 Å². The summed E-state index contributed by atoms with van der Waals surface area (Å²) in [6.07, 6.45) is 1.52. The second-order valence-electron chi connectivity index (χ2n) is 11.4. The quantitative estimate of drug-likeness (QED) is 0.302. The Morgan fingerprint density at radius 2 is 1.09 bits per heavy atom. The molecule has 10 nitrogen and oxygen atoms in total. The fraction of sp³-hybridized carbons (Fsp3) is 0.455. The van der Waals surface area contributed by atoms with Gasteiger partial charge in [-0.05, 0) is 55.9 Å². The van der Waals surface area contributed by atoms with Crippen molar-refractivity contribution in [1.82, 2.24) is 18.9 Å². The molecule has 43 heavy (non-hydrogen) atoms. The minimum absolute atomic E-state index is 0.0653. The van der Waals surface area contributed by atoms with Crippen molar-refractivity contribution < 1.29 is 19.1 Å². The number of β-lactam (4-membered cyclic amide) rings is 2. The first-order valence-electron chi connectivity index (χ1n) is 14.8. The molecule has 0 unspecified atom stereocenters. The van der Waals surface area contributed by atoms with Gasteiger partial charge in [-0.15, -0.1) is 0 Å². The van der Waals surface area contributed by atoms with Crippen LogP contribution < -0.4 is 11.2 Å². The molecule has 2 saturated heterocycles. The van der Waals surface area contributed by atoms with Crippen molar-refractivity contribution >= 4 is 11.8 Å². The number of ether oxygens (including phenoxy) is 2. The van der Waals surface area contributed by atoms with E-state index in [2.05, 4.69) is 0 Å². The zero-order valence-electron chi connectivity index (χ0n) is 25.5. The van der Waals surface area contributed by atoms with Crippen LogP contribution >= 0.6 is 0 Å². The molecule has 2 amide bonds. The van der Waals surface area contributed by atoms with Crippen LogP contribution in [0.2, 0.25) is 0 Å². The van der Waals surface area contributed by atoms with Gasteiger partial charge in [0.15, 0.2) is 12.2 Å². The number of hydrogen-bond donors (Lipinski definition) is 0. The van der Waals surface area contributed by atoms with Gasteiger partial charge in [-0.2, -0.15) is 0 Å². The molecule has 0 radical (unpaired) electrons. The van der Waals surface area contributed by atoms with Gasteiger partial charge < -0.3 is 23.8 Å². The van der Waals surface area contributed by atoms with Crippen LogP contribution in [0.1, 0.15) is 52.7 Å². The largest absolute Gasteiger partial charge is 0.369 e. The Morgan fingerprint density at radius 1 is 0.628 bits per heavy atom. The van der Waals surface area contributed by atoms with Crippen LogP contribution in [0.3, 0.4) is 0 Å². The molecule has 3 heterocycles. The number of carbonyl (C=O) groups excluding carboxylic acids is 2. The average molecular weight is 589 g/mol. The zero-order chi connectivity index (χ0) is 30.8. The van der Waals surface area contributed by atoms with Gasteiger partial charge in [0.2, 0.25) is 0 Å². The van der Waals surface area contributed by atoms with Gasteiger partial charge in [0.1, 0.15) is 0 Å². The summed E-state index contributed by atoms with van der Waals surface area (Å²) in [6, 6.07) is 15.5. The lowest BCUT2D eigenvalue weighted by Gasteiger charge is -2.47.